The molecule has 0 saturated carbocycles. The molecular weight excluding hydrogens is 208 g/mol. The third kappa shape index (κ3) is 3.48. The average molecular weight is 228 g/mol. The lowest BCUT2D eigenvalue weighted by molar-refractivity contribution is -0.145. The molecule has 1 rings (SSSR count). The first kappa shape index (κ1) is 13.0. The normalized spacial score (nSPS) is 18.4. The summed E-state index contributed by atoms with van der Waals surface area (Å²) >= 11 is 0. The van der Waals surface area contributed by atoms with Crippen LogP contribution < -0.4 is 5.73 Å². The number of carboxylic acids is 1. The van der Waals surface area contributed by atoms with E-state index in [4.69, 9.17) is 10.8 Å². The molecule has 16 heavy (non-hydrogen) atoms. The van der Waals surface area contributed by atoms with Crippen molar-refractivity contribution in [3.63, 3.8) is 0 Å². The summed E-state index contributed by atoms with van der Waals surface area (Å²) in [4.78, 5) is 23.8. The molecule has 5 heteroatoms. The molecule has 1 aliphatic heterocycles. The molecule has 0 aromatic carbocycles. The number of hydrogen-bond acceptors (Lipinski definition) is 3. The Morgan fingerprint density at radius 2 is 2.00 bits per heavy atom. The van der Waals surface area contributed by atoms with Crippen LogP contribution in [-0.2, 0) is 9.59 Å². The summed E-state index contributed by atoms with van der Waals surface area (Å²) in [6.45, 7) is 5.13. The van der Waals surface area contributed by atoms with Crippen molar-refractivity contribution in [1.82, 2.24) is 4.90 Å². The summed E-state index contributed by atoms with van der Waals surface area (Å²) in [5, 5.41) is 8.57. The number of rotatable bonds is 5. The molecule has 1 aliphatic rings. The third-order valence-electron chi connectivity index (χ3n) is 2.77. The van der Waals surface area contributed by atoms with Crippen LogP contribution in [0.2, 0.25) is 0 Å². The average Bonchev–Trinajstić information content (AvgIpc) is 2.07. The van der Waals surface area contributed by atoms with Gasteiger partial charge in [-0.25, -0.2) is 0 Å². The zero-order chi connectivity index (χ0) is 12.3. The topological polar surface area (TPSA) is 83.6 Å². The Balaban J connectivity index is 2.28. The van der Waals surface area contributed by atoms with Crippen molar-refractivity contribution in [3.05, 3.63) is 0 Å². The van der Waals surface area contributed by atoms with Gasteiger partial charge < -0.3 is 15.7 Å². The first-order chi connectivity index (χ1) is 7.40. The molecule has 1 unspecified atom stereocenters. The highest BCUT2D eigenvalue weighted by atomic mass is 16.4. The number of carbonyl (C=O) groups excluding carboxylic acids is 1. The molecule has 0 aromatic heterocycles. The van der Waals surface area contributed by atoms with Crippen molar-refractivity contribution in [2.75, 3.05) is 13.1 Å². The van der Waals surface area contributed by atoms with E-state index >= 15 is 0 Å². The second-order valence-corrected chi connectivity index (χ2v) is 4.94. The number of aliphatic carboxylic acids is 1. The van der Waals surface area contributed by atoms with Gasteiger partial charge in [0, 0.05) is 19.0 Å². The molecule has 3 N–H and O–H groups in total. The first-order valence-electron chi connectivity index (χ1n) is 5.66. The second-order valence-electron chi connectivity index (χ2n) is 4.94. The van der Waals surface area contributed by atoms with Crippen molar-refractivity contribution < 1.29 is 14.7 Å². The maximum Gasteiger partial charge on any atom is 0.303 e. The molecule has 1 heterocycles. The van der Waals surface area contributed by atoms with Crippen LogP contribution in [-0.4, -0.2) is 41.0 Å². The minimum atomic E-state index is -0.802. The molecule has 5 nitrogen and oxygen atoms in total. The fourth-order valence-electron chi connectivity index (χ4n) is 1.97. The Morgan fingerprint density at radius 1 is 1.44 bits per heavy atom. The standard InChI is InChI=1S/C11H20N2O3/c1-7(2)3-9(12)11(16)13-5-8(6-13)4-10(14)15/h7-9H,3-6,12H2,1-2H3,(H,14,15). The minimum Gasteiger partial charge on any atom is -0.481 e. The molecular formula is C11H20N2O3. The second kappa shape index (κ2) is 5.30. The van der Waals surface area contributed by atoms with Crippen LogP contribution in [0, 0.1) is 11.8 Å². The van der Waals surface area contributed by atoms with E-state index in [0.29, 0.717) is 25.4 Å². The van der Waals surface area contributed by atoms with Crippen LogP contribution >= 0.6 is 0 Å². The SMILES string of the molecule is CC(C)CC(N)C(=O)N1CC(CC(=O)O)C1. The quantitative estimate of drug-likeness (QED) is 0.708. The smallest absolute Gasteiger partial charge is 0.303 e. The molecule has 1 saturated heterocycles. The Hall–Kier alpha value is -1.10. The van der Waals surface area contributed by atoms with Gasteiger partial charge in [-0.15, -0.1) is 0 Å². The van der Waals surface area contributed by atoms with Gasteiger partial charge in [0.1, 0.15) is 0 Å². The minimum absolute atomic E-state index is 0.0460. The van der Waals surface area contributed by atoms with Crippen LogP contribution in [0.1, 0.15) is 26.7 Å². The lowest BCUT2D eigenvalue weighted by atomic mass is 9.94. The Bertz CT molecular complexity index is 272. The molecule has 1 amide bonds. The maximum absolute atomic E-state index is 11.7. The number of carbonyl (C=O) groups is 2. The summed E-state index contributed by atoms with van der Waals surface area (Å²) < 4.78 is 0. The predicted octanol–water partition coefficient (Wildman–Crippen LogP) is 0.293. The first-order valence-corrected chi connectivity index (χ1v) is 5.66. The molecule has 0 radical (unpaired) electrons. The molecule has 0 spiro atoms. The van der Waals surface area contributed by atoms with Crippen LogP contribution in [0.3, 0.4) is 0 Å². The molecule has 92 valence electrons. The van der Waals surface area contributed by atoms with E-state index in [1.165, 1.54) is 0 Å². The van der Waals surface area contributed by atoms with Crippen molar-refractivity contribution in [3.8, 4) is 0 Å². The van der Waals surface area contributed by atoms with Crippen molar-refractivity contribution >= 4 is 11.9 Å². The lowest BCUT2D eigenvalue weighted by Crippen LogP contribution is -2.55. The summed E-state index contributed by atoms with van der Waals surface area (Å²) in [6, 6.07) is -0.439. The number of nitrogens with zero attached hydrogens (tertiary/aromatic N) is 1. The van der Waals surface area contributed by atoms with E-state index in [0.717, 1.165) is 0 Å². The zero-order valence-corrected chi connectivity index (χ0v) is 9.85. The van der Waals surface area contributed by atoms with Crippen LogP contribution in [0.25, 0.3) is 0 Å². The van der Waals surface area contributed by atoms with E-state index in [2.05, 4.69) is 0 Å². The Morgan fingerprint density at radius 3 is 2.44 bits per heavy atom. The van der Waals surface area contributed by atoms with Crippen molar-refractivity contribution in [1.29, 1.82) is 0 Å². The van der Waals surface area contributed by atoms with Gasteiger partial charge in [-0.1, -0.05) is 13.8 Å². The summed E-state index contributed by atoms with van der Waals surface area (Å²) in [6.07, 6.45) is 0.822. The molecule has 0 aliphatic carbocycles. The van der Waals surface area contributed by atoms with E-state index in [9.17, 15) is 9.59 Å². The number of hydrogen-bond donors (Lipinski definition) is 2. The zero-order valence-electron chi connectivity index (χ0n) is 9.85. The lowest BCUT2D eigenvalue weighted by Gasteiger charge is -2.40. The van der Waals surface area contributed by atoms with Gasteiger partial charge in [-0.2, -0.15) is 0 Å². The van der Waals surface area contributed by atoms with Crippen LogP contribution in [0.5, 0.6) is 0 Å². The van der Waals surface area contributed by atoms with E-state index in [1.54, 1.807) is 4.90 Å². The fourth-order valence-corrected chi connectivity index (χ4v) is 1.97. The summed E-state index contributed by atoms with van der Waals surface area (Å²) in [5.41, 5.74) is 5.77. The monoisotopic (exact) mass is 228 g/mol. The van der Waals surface area contributed by atoms with Gasteiger partial charge in [-0.3, -0.25) is 9.59 Å². The largest absolute Gasteiger partial charge is 0.481 e. The van der Waals surface area contributed by atoms with Gasteiger partial charge in [0.05, 0.1) is 12.5 Å². The van der Waals surface area contributed by atoms with Crippen molar-refractivity contribution in [2.45, 2.75) is 32.7 Å². The fraction of sp³-hybridized carbons (Fsp3) is 0.818. The molecule has 0 bridgehead atoms. The number of nitrogens with two attached hydrogens (primary N) is 1. The highest BCUT2D eigenvalue weighted by molar-refractivity contribution is 5.82. The van der Waals surface area contributed by atoms with E-state index in [-0.39, 0.29) is 18.2 Å². The Labute approximate surface area is 95.6 Å². The van der Waals surface area contributed by atoms with Crippen LogP contribution in [0.4, 0.5) is 0 Å². The number of carboxylic acid groups (broad SMARTS) is 1. The summed E-state index contributed by atoms with van der Waals surface area (Å²) in [5.74, 6) is -0.346. The number of amides is 1. The highest BCUT2D eigenvalue weighted by Gasteiger charge is 2.34. The molecule has 1 atom stereocenters. The maximum atomic E-state index is 11.7. The molecule has 0 aromatic rings. The summed E-state index contributed by atoms with van der Waals surface area (Å²) in [7, 11) is 0. The van der Waals surface area contributed by atoms with Gasteiger partial charge in [0.15, 0.2) is 0 Å². The van der Waals surface area contributed by atoms with Gasteiger partial charge >= 0.3 is 5.97 Å². The number of likely N-dealkylation sites (tertiary alicyclic amines) is 1. The van der Waals surface area contributed by atoms with Crippen molar-refractivity contribution in [2.24, 2.45) is 17.6 Å². The van der Waals surface area contributed by atoms with Gasteiger partial charge in [-0.05, 0) is 12.3 Å². The van der Waals surface area contributed by atoms with Crippen LogP contribution in [0.15, 0.2) is 0 Å². The molecule has 1 fully saturated rings. The highest BCUT2D eigenvalue weighted by Crippen LogP contribution is 2.20. The van der Waals surface area contributed by atoms with Gasteiger partial charge in [0.2, 0.25) is 5.91 Å². The predicted molar refractivity (Wildman–Crippen MR) is 59.8 cm³/mol. The Kier molecular flexibility index (Phi) is 4.29. The van der Waals surface area contributed by atoms with E-state index < -0.39 is 12.0 Å². The third-order valence-corrected chi connectivity index (χ3v) is 2.77. The van der Waals surface area contributed by atoms with E-state index in [1.807, 2.05) is 13.8 Å². The van der Waals surface area contributed by atoms with Gasteiger partial charge in [0.25, 0.3) is 0 Å².